The van der Waals surface area contributed by atoms with Crippen molar-refractivity contribution in [3.05, 3.63) is 47.3 Å². The molecule has 108 valence electrons. The molecule has 4 heteroatoms. The fraction of sp³-hybridized carbons (Fsp3) is 0.294. The predicted molar refractivity (Wildman–Crippen MR) is 83.8 cm³/mol. The summed E-state index contributed by atoms with van der Waals surface area (Å²) < 4.78 is 7.41. The van der Waals surface area contributed by atoms with Crippen LogP contribution in [0.15, 0.2) is 30.3 Å². The van der Waals surface area contributed by atoms with E-state index in [1.807, 2.05) is 30.5 Å². The van der Waals surface area contributed by atoms with Gasteiger partial charge in [0.25, 0.3) is 0 Å². The highest BCUT2D eigenvalue weighted by Crippen LogP contribution is 2.30. The summed E-state index contributed by atoms with van der Waals surface area (Å²) in [5.41, 5.74) is 6.11. The zero-order valence-electron chi connectivity index (χ0n) is 12.8. The molecule has 0 saturated heterocycles. The van der Waals surface area contributed by atoms with Crippen LogP contribution in [0.3, 0.4) is 0 Å². The van der Waals surface area contributed by atoms with Gasteiger partial charge >= 0.3 is 0 Å². The average Bonchev–Trinajstić information content (AvgIpc) is 2.81. The standard InChI is InChI=1S/C17H19N3O/c1-5-13-7-8-14(10-15(13)21-4)17-12(3)18-16-9-6-11(2)19-20(16)17/h6-10H,5H2,1-4H3. The van der Waals surface area contributed by atoms with Crippen molar-refractivity contribution in [1.29, 1.82) is 0 Å². The Kier molecular flexibility index (Phi) is 3.37. The van der Waals surface area contributed by atoms with E-state index in [0.29, 0.717) is 0 Å². The van der Waals surface area contributed by atoms with E-state index in [0.717, 1.165) is 40.5 Å². The van der Waals surface area contributed by atoms with Crippen molar-refractivity contribution in [3.8, 4) is 17.0 Å². The molecule has 0 aliphatic carbocycles. The van der Waals surface area contributed by atoms with Crippen LogP contribution >= 0.6 is 0 Å². The predicted octanol–water partition coefficient (Wildman–Crippen LogP) is 3.58. The lowest BCUT2D eigenvalue weighted by molar-refractivity contribution is 0.410. The van der Waals surface area contributed by atoms with Crippen LogP contribution in [0.4, 0.5) is 0 Å². The number of imidazole rings is 1. The number of hydrogen-bond donors (Lipinski definition) is 0. The van der Waals surface area contributed by atoms with Gasteiger partial charge in [0.2, 0.25) is 0 Å². The van der Waals surface area contributed by atoms with Crippen LogP contribution in [0, 0.1) is 13.8 Å². The zero-order valence-corrected chi connectivity index (χ0v) is 12.8. The number of nitrogens with zero attached hydrogens (tertiary/aromatic N) is 3. The van der Waals surface area contributed by atoms with Crippen LogP contribution in [0.1, 0.15) is 23.9 Å². The number of benzene rings is 1. The Morgan fingerprint density at radius 3 is 2.67 bits per heavy atom. The van der Waals surface area contributed by atoms with E-state index in [2.05, 4.69) is 35.2 Å². The summed E-state index contributed by atoms with van der Waals surface area (Å²) in [6.07, 6.45) is 0.951. The number of hydrogen-bond acceptors (Lipinski definition) is 3. The monoisotopic (exact) mass is 281 g/mol. The number of aromatic nitrogens is 3. The highest BCUT2D eigenvalue weighted by atomic mass is 16.5. The molecule has 0 bridgehead atoms. The highest BCUT2D eigenvalue weighted by molar-refractivity contribution is 5.68. The normalized spacial score (nSPS) is 11.0. The van der Waals surface area contributed by atoms with Gasteiger partial charge in [-0.2, -0.15) is 5.10 Å². The van der Waals surface area contributed by atoms with Crippen molar-refractivity contribution in [1.82, 2.24) is 14.6 Å². The van der Waals surface area contributed by atoms with Crippen molar-refractivity contribution >= 4 is 5.65 Å². The van der Waals surface area contributed by atoms with Gasteiger partial charge in [-0.25, -0.2) is 9.50 Å². The molecule has 2 aromatic heterocycles. The Hall–Kier alpha value is -2.36. The quantitative estimate of drug-likeness (QED) is 0.736. The minimum absolute atomic E-state index is 0.867. The number of ether oxygens (including phenoxy) is 1. The lowest BCUT2D eigenvalue weighted by Crippen LogP contribution is -1.98. The van der Waals surface area contributed by atoms with E-state index in [9.17, 15) is 0 Å². The van der Waals surface area contributed by atoms with Crippen LogP contribution in [0.5, 0.6) is 5.75 Å². The Bertz CT molecular complexity index is 805. The summed E-state index contributed by atoms with van der Waals surface area (Å²) in [6.45, 7) is 6.13. The van der Waals surface area contributed by atoms with Gasteiger partial charge in [0, 0.05) is 5.56 Å². The van der Waals surface area contributed by atoms with Gasteiger partial charge in [-0.05, 0) is 44.0 Å². The summed E-state index contributed by atoms with van der Waals surface area (Å²) in [4.78, 5) is 4.59. The van der Waals surface area contributed by atoms with Crippen molar-refractivity contribution < 1.29 is 4.74 Å². The molecule has 1 aromatic carbocycles. The number of fused-ring (bicyclic) bond motifs is 1. The molecule has 0 amide bonds. The molecule has 3 aromatic rings. The molecule has 3 rings (SSSR count). The van der Waals surface area contributed by atoms with E-state index in [4.69, 9.17) is 4.74 Å². The molecule has 0 spiro atoms. The first-order valence-corrected chi connectivity index (χ1v) is 7.14. The summed E-state index contributed by atoms with van der Waals surface area (Å²) in [7, 11) is 1.71. The number of rotatable bonds is 3. The Morgan fingerprint density at radius 1 is 1.14 bits per heavy atom. The molecule has 4 nitrogen and oxygen atoms in total. The Balaban J connectivity index is 2.24. The van der Waals surface area contributed by atoms with Gasteiger partial charge in [0.05, 0.1) is 24.2 Å². The maximum Gasteiger partial charge on any atom is 0.154 e. The third-order valence-corrected chi connectivity index (χ3v) is 3.73. The molecule has 0 N–H and O–H groups in total. The van der Waals surface area contributed by atoms with Gasteiger partial charge in [0.15, 0.2) is 5.65 Å². The molecule has 0 fully saturated rings. The SMILES string of the molecule is CCc1ccc(-c2c(C)nc3ccc(C)nn23)cc1OC. The Labute approximate surface area is 124 Å². The van der Waals surface area contributed by atoms with Crippen molar-refractivity contribution in [2.75, 3.05) is 7.11 Å². The molecule has 0 saturated carbocycles. The molecule has 0 aliphatic rings. The number of aryl methyl sites for hydroxylation is 3. The largest absolute Gasteiger partial charge is 0.496 e. The third kappa shape index (κ3) is 2.27. The van der Waals surface area contributed by atoms with Gasteiger partial charge in [-0.15, -0.1) is 0 Å². The minimum Gasteiger partial charge on any atom is -0.496 e. The smallest absolute Gasteiger partial charge is 0.154 e. The summed E-state index contributed by atoms with van der Waals surface area (Å²) in [5.74, 6) is 0.914. The topological polar surface area (TPSA) is 39.4 Å². The second-order valence-electron chi connectivity index (χ2n) is 5.17. The maximum absolute atomic E-state index is 5.50. The van der Waals surface area contributed by atoms with Crippen LogP contribution < -0.4 is 4.74 Å². The van der Waals surface area contributed by atoms with E-state index in [1.165, 1.54) is 5.56 Å². The first-order chi connectivity index (χ1) is 10.1. The van der Waals surface area contributed by atoms with Crippen LogP contribution in [0.2, 0.25) is 0 Å². The highest BCUT2D eigenvalue weighted by Gasteiger charge is 2.14. The molecule has 21 heavy (non-hydrogen) atoms. The van der Waals surface area contributed by atoms with Gasteiger partial charge in [-0.3, -0.25) is 0 Å². The van der Waals surface area contributed by atoms with E-state index >= 15 is 0 Å². The molecule has 0 unspecified atom stereocenters. The van der Waals surface area contributed by atoms with Gasteiger partial charge < -0.3 is 4.74 Å². The van der Waals surface area contributed by atoms with E-state index in [-0.39, 0.29) is 0 Å². The lowest BCUT2D eigenvalue weighted by Gasteiger charge is -2.10. The average molecular weight is 281 g/mol. The molecule has 0 aliphatic heterocycles. The second kappa shape index (κ2) is 5.20. The fourth-order valence-corrected chi connectivity index (χ4v) is 2.65. The molecule has 0 atom stereocenters. The van der Waals surface area contributed by atoms with Crippen LogP contribution in [-0.2, 0) is 6.42 Å². The molecular weight excluding hydrogens is 262 g/mol. The van der Waals surface area contributed by atoms with Gasteiger partial charge in [-0.1, -0.05) is 19.1 Å². The fourth-order valence-electron chi connectivity index (χ4n) is 2.65. The third-order valence-electron chi connectivity index (χ3n) is 3.73. The maximum atomic E-state index is 5.50. The molecular formula is C17H19N3O. The second-order valence-corrected chi connectivity index (χ2v) is 5.17. The molecule has 2 heterocycles. The zero-order chi connectivity index (χ0) is 15.0. The summed E-state index contributed by atoms with van der Waals surface area (Å²) >= 11 is 0. The summed E-state index contributed by atoms with van der Waals surface area (Å²) in [5, 5.41) is 4.58. The first kappa shape index (κ1) is 13.6. The van der Waals surface area contributed by atoms with Crippen molar-refractivity contribution in [2.24, 2.45) is 0 Å². The summed E-state index contributed by atoms with van der Waals surface area (Å²) in [6, 6.07) is 10.3. The van der Waals surface area contributed by atoms with Gasteiger partial charge in [0.1, 0.15) is 5.75 Å². The lowest BCUT2D eigenvalue weighted by atomic mass is 10.1. The first-order valence-electron chi connectivity index (χ1n) is 7.14. The van der Waals surface area contributed by atoms with Crippen molar-refractivity contribution in [3.63, 3.8) is 0 Å². The minimum atomic E-state index is 0.867. The number of methoxy groups -OCH3 is 1. The van der Waals surface area contributed by atoms with E-state index in [1.54, 1.807) is 7.11 Å². The van der Waals surface area contributed by atoms with Crippen LogP contribution in [-0.4, -0.2) is 21.7 Å². The molecule has 0 radical (unpaired) electrons. The van der Waals surface area contributed by atoms with Crippen LogP contribution in [0.25, 0.3) is 16.9 Å². The Morgan fingerprint density at radius 2 is 1.95 bits per heavy atom. The van der Waals surface area contributed by atoms with Crippen molar-refractivity contribution in [2.45, 2.75) is 27.2 Å². The van der Waals surface area contributed by atoms with E-state index < -0.39 is 0 Å².